The van der Waals surface area contributed by atoms with Crippen molar-refractivity contribution in [1.82, 2.24) is 5.32 Å². The lowest BCUT2D eigenvalue weighted by molar-refractivity contribution is 0.0947. The third kappa shape index (κ3) is 3.85. The van der Waals surface area contributed by atoms with Gasteiger partial charge in [-0.1, -0.05) is 30.7 Å². The molecular weight excluding hydrogens is 250 g/mol. The molecule has 0 aromatic heterocycles. The maximum atomic E-state index is 12.3. The van der Waals surface area contributed by atoms with Crippen molar-refractivity contribution in [2.24, 2.45) is 5.92 Å². The summed E-state index contributed by atoms with van der Waals surface area (Å²) in [5, 5.41) is 11.8. The SMILES string of the molecule is Cc1ccc(C(=O)NCC2CCCC2)c(C#CCO)c1. The predicted octanol–water partition coefficient (Wildman–Crippen LogP) is 2.26. The van der Waals surface area contributed by atoms with Gasteiger partial charge < -0.3 is 10.4 Å². The Bertz CT molecular complexity index is 534. The van der Waals surface area contributed by atoms with Crippen LogP contribution in [0.1, 0.15) is 47.2 Å². The molecule has 0 bridgehead atoms. The van der Waals surface area contributed by atoms with Crippen molar-refractivity contribution < 1.29 is 9.90 Å². The minimum absolute atomic E-state index is 0.0702. The molecule has 1 aromatic rings. The molecule has 0 radical (unpaired) electrons. The van der Waals surface area contributed by atoms with Crippen LogP contribution in [0.25, 0.3) is 0 Å². The second-order valence-electron chi connectivity index (χ2n) is 5.37. The molecule has 0 unspecified atom stereocenters. The summed E-state index contributed by atoms with van der Waals surface area (Å²) in [6, 6.07) is 5.60. The van der Waals surface area contributed by atoms with Gasteiger partial charge in [-0.15, -0.1) is 0 Å². The Kier molecular flexibility index (Phi) is 5.20. The fourth-order valence-electron chi connectivity index (χ4n) is 2.64. The molecule has 2 N–H and O–H groups in total. The maximum Gasteiger partial charge on any atom is 0.252 e. The molecule has 0 atom stereocenters. The number of amides is 1. The number of aryl methyl sites for hydroxylation is 1. The molecule has 1 saturated carbocycles. The number of hydrogen-bond acceptors (Lipinski definition) is 2. The topological polar surface area (TPSA) is 49.3 Å². The summed E-state index contributed by atoms with van der Waals surface area (Å²) in [6.07, 6.45) is 4.98. The van der Waals surface area contributed by atoms with Crippen LogP contribution >= 0.6 is 0 Å². The molecule has 106 valence electrons. The van der Waals surface area contributed by atoms with Crippen LogP contribution in [0.3, 0.4) is 0 Å². The summed E-state index contributed by atoms with van der Waals surface area (Å²) in [4.78, 5) is 12.3. The number of rotatable bonds is 3. The second-order valence-corrected chi connectivity index (χ2v) is 5.37. The number of hydrogen-bond donors (Lipinski definition) is 2. The Labute approximate surface area is 120 Å². The zero-order valence-corrected chi connectivity index (χ0v) is 11.9. The number of aliphatic hydroxyl groups is 1. The summed E-state index contributed by atoms with van der Waals surface area (Å²) in [6.45, 7) is 2.51. The van der Waals surface area contributed by atoms with E-state index in [2.05, 4.69) is 17.2 Å². The Balaban J connectivity index is 2.07. The quantitative estimate of drug-likeness (QED) is 0.828. The van der Waals surface area contributed by atoms with Crippen LogP contribution in [-0.4, -0.2) is 24.2 Å². The van der Waals surface area contributed by atoms with E-state index in [1.54, 1.807) is 6.07 Å². The molecule has 1 aliphatic carbocycles. The van der Waals surface area contributed by atoms with E-state index in [9.17, 15) is 4.79 Å². The van der Waals surface area contributed by atoms with Crippen LogP contribution in [-0.2, 0) is 0 Å². The molecule has 1 aromatic carbocycles. The molecule has 20 heavy (non-hydrogen) atoms. The van der Waals surface area contributed by atoms with Crippen LogP contribution in [0.5, 0.6) is 0 Å². The summed E-state index contributed by atoms with van der Waals surface area (Å²) < 4.78 is 0. The minimum Gasteiger partial charge on any atom is -0.384 e. The first-order chi connectivity index (χ1) is 9.70. The number of benzene rings is 1. The Morgan fingerprint density at radius 2 is 2.15 bits per heavy atom. The van der Waals surface area contributed by atoms with Gasteiger partial charge in [0.1, 0.15) is 6.61 Å². The number of carbonyl (C=O) groups excluding carboxylic acids is 1. The van der Waals surface area contributed by atoms with Crippen molar-refractivity contribution in [2.45, 2.75) is 32.6 Å². The highest BCUT2D eigenvalue weighted by atomic mass is 16.2. The Morgan fingerprint density at radius 3 is 2.85 bits per heavy atom. The zero-order valence-electron chi connectivity index (χ0n) is 11.9. The highest BCUT2D eigenvalue weighted by Gasteiger charge is 2.17. The molecule has 1 fully saturated rings. The van der Waals surface area contributed by atoms with E-state index in [1.165, 1.54) is 25.7 Å². The van der Waals surface area contributed by atoms with E-state index < -0.39 is 0 Å². The lowest BCUT2D eigenvalue weighted by Gasteiger charge is -2.11. The third-order valence-electron chi connectivity index (χ3n) is 3.75. The molecule has 2 rings (SSSR count). The first kappa shape index (κ1) is 14.6. The van der Waals surface area contributed by atoms with E-state index in [0.717, 1.165) is 12.1 Å². The summed E-state index contributed by atoms with van der Waals surface area (Å²) >= 11 is 0. The summed E-state index contributed by atoms with van der Waals surface area (Å²) in [7, 11) is 0. The second kappa shape index (κ2) is 7.12. The van der Waals surface area contributed by atoms with Crippen molar-refractivity contribution in [1.29, 1.82) is 0 Å². The molecule has 0 aliphatic heterocycles. The van der Waals surface area contributed by atoms with Crippen LogP contribution in [0.2, 0.25) is 0 Å². The fourth-order valence-corrected chi connectivity index (χ4v) is 2.64. The Morgan fingerprint density at radius 1 is 1.40 bits per heavy atom. The molecule has 0 spiro atoms. The fraction of sp³-hybridized carbons (Fsp3) is 0.471. The first-order valence-corrected chi connectivity index (χ1v) is 7.19. The van der Waals surface area contributed by atoms with Crippen LogP contribution in [0, 0.1) is 24.7 Å². The lowest BCUT2D eigenvalue weighted by atomic mass is 10.0. The molecule has 1 amide bonds. The lowest BCUT2D eigenvalue weighted by Crippen LogP contribution is -2.29. The van der Waals surface area contributed by atoms with Gasteiger partial charge in [0, 0.05) is 12.1 Å². The normalized spacial score (nSPS) is 14.7. The van der Waals surface area contributed by atoms with Gasteiger partial charge in [-0.2, -0.15) is 0 Å². The highest BCUT2D eigenvalue weighted by molar-refractivity contribution is 5.96. The van der Waals surface area contributed by atoms with Crippen molar-refractivity contribution in [3.8, 4) is 11.8 Å². The number of carbonyl (C=O) groups is 1. The van der Waals surface area contributed by atoms with E-state index in [-0.39, 0.29) is 12.5 Å². The van der Waals surface area contributed by atoms with Crippen molar-refractivity contribution in [3.63, 3.8) is 0 Å². The van der Waals surface area contributed by atoms with Crippen LogP contribution in [0.15, 0.2) is 18.2 Å². The number of nitrogens with one attached hydrogen (secondary N) is 1. The standard InChI is InChI=1S/C17H21NO2/c1-13-8-9-16(15(11-13)7-4-10-19)17(20)18-12-14-5-2-3-6-14/h8-9,11,14,19H,2-3,5-6,10,12H2,1H3,(H,18,20). The van der Waals surface area contributed by atoms with E-state index in [0.29, 0.717) is 17.0 Å². The van der Waals surface area contributed by atoms with E-state index in [4.69, 9.17) is 5.11 Å². The summed E-state index contributed by atoms with van der Waals surface area (Å²) in [5.41, 5.74) is 2.33. The number of aliphatic hydroxyl groups excluding tert-OH is 1. The average Bonchev–Trinajstić information content (AvgIpc) is 2.96. The maximum absolute atomic E-state index is 12.3. The van der Waals surface area contributed by atoms with Crippen molar-refractivity contribution in [2.75, 3.05) is 13.2 Å². The van der Waals surface area contributed by atoms with Gasteiger partial charge in [0.25, 0.3) is 5.91 Å². The molecule has 3 nitrogen and oxygen atoms in total. The predicted molar refractivity (Wildman–Crippen MR) is 79.4 cm³/mol. The smallest absolute Gasteiger partial charge is 0.252 e. The first-order valence-electron chi connectivity index (χ1n) is 7.19. The minimum atomic E-state index is -0.197. The van der Waals surface area contributed by atoms with Crippen LogP contribution < -0.4 is 5.32 Å². The third-order valence-corrected chi connectivity index (χ3v) is 3.75. The van der Waals surface area contributed by atoms with Gasteiger partial charge in [-0.05, 0) is 43.4 Å². The van der Waals surface area contributed by atoms with Crippen molar-refractivity contribution in [3.05, 3.63) is 34.9 Å². The van der Waals surface area contributed by atoms with Gasteiger partial charge in [-0.3, -0.25) is 4.79 Å². The van der Waals surface area contributed by atoms with Gasteiger partial charge in [-0.25, -0.2) is 0 Å². The molecule has 1 aliphatic rings. The zero-order chi connectivity index (χ0) is 14.4. The molecule has 3 heteroatoms. The largest absolute Gasteiger partial charge is 0.384 e. The van der Waals surface area contributed by atoms with Gasteiger partial charge >= 0.3 is 0 Å². The molecular formula is C17H21NO2. The van der Waals surface area contributed by atoms with E-state index in [1.807, 2.05) is 19.1 Å². The van der Waals surface area contributed by atoms with Crippen LogP contribution in [0.4, 0.5) is 0 Å². The van der Waals surface area contributed by atoms with E-state index >= 15 is 0 Å². The monoisotopic (exact) mass is 271 g/mol. The van der Waals surface area contributed by atoms with Crippen molar-refractivity contribution >= 4 is 5.91 Å². The van der Waals surface area contributed by atoms with Gasteiger partial charge in [0.15, 0.2) is 0 Å². The average molecular weight is 271 g/mol. The molecule has 0 heterocycles. The Hall–Kier alpha value is -1.79. The highest BCUT2D eigenvalue weighted by Crippen LogP contribution is 2.23. The van der Waals surface area contributed by atoms with Gasteiger partial charge in [0.05, 0.1) is 5.56 Å². The van der Waals surface area contributed by atoms with Gasteiger partial charge in [0.2, 0.25) is 0 Å². The molecule has 0 saturated heterocycles. The summed E-state index contributed by atoms with van der Waals surface area (Å²) in [5.74, 6) is 6.01.